The van der Waals surface area contributed by atoms with Crippen LogP contribution in [0.1, 0.15) is 6.92 Å². The molecule has 3 rings (SSSR count). The molecule has 0 aliphatic carbocycles. The summed E-state index contributed by atoms with van der Waals surface area (Å²) in [6, 6.07) is 9.20. The number of carbonyl (C=O) groups is 1. The first-order valence-electron chi connectivity index (χ1n) is 7.43. The van der Waals surface area contributed by atoms with Gasteiger partial charge in [0.05, 0.1) is 11.3 Å². The zero-order valence-electron chi connectivity index (χ0n) is 13.4. The molecular weight excluding hydrogens is 368 g/mol. The molecule has 6 nitrogen and oxygen atoms in total. The smallest absolute Gasteiger partial charge is 0.344 e. The van der Waals surface area contributed by atoms with Gasteiger partial charge in [-0.2, -0.15) is 4.98 Å². The number of rotatable bonds is 5. The second-order valence-electron chi connectivity index (χ2n) is 5.33. The van der Waals surface area contributed by atoms with Crippen LogP contribution in [0.15, 0.2) is 42.5 Å². The Morgan fingerprint density at radius 1 is 1.23 bits per heavy atom. The van der Waals surface area contributed by atoms with Gasteiger partial charge in [-0.1, -0.05) is 11.6 Å². The van der Waals surface area contributed by atoms with Crippen LogP contribution >= 0.6 is 11.6 Å². The Morgan fingerprint density at radius 3 is 2.54 bits per heavy atom. The molecule has 2 aromatic carbocycles. The predicted octanol–water partition coefficient (Wildman–Crippen LogP) is 3.72. The Balaban J connectivity index is 2.12. The number of hydrogen-bond donors (Lipinski definition) is 1. The van der Waals surface area contributed by atoms with Gasteiger partial charge in [0.25, 0.3) is 0 Å². The molecule has 0 fully saturated rings. The summed E-state index contributed by atoms with van der Waals surface area (Å²) in [7, 11) is 0. The third kappa shape index (κ3) is 3.65. The van der Waals surface area contributed by atoms with Crippen molar-refractivity contribution in [3.05, 3.63) is 59.1 Å². The van der Waals surface area contributed by atoms with Gasteiger partial charge < -0.3 is 9.84 Å². The zero-order valence-corrected chi connectivity index (χ0v) is 14.1. The molecule has 1 unspecified atom stereocenters. The first kappa shape index (κ1) is 17.8. The van der Waals surface area contributed by atoms with E-state index in [1.54, 1.807) is 24.3 Å². The number of aliphatic carboxylic acids is 1. The number of nitrogens with zero attached hydrogens (tertiary/aromatic N) is 3. The molecule has 0 radical (unpaired) electrons. The fourth-order valence-corrected chi connectivity index (χ4v) is 2.29. The number of halogens is 3. The van der Waals surface area contributed by atoms with Crippen LogP contribution in [0.2, 0.25) is 5.02 Å². The average Bonchev–Trinajstić information content (AvgIpc) is 2.99. The Morgan fingerprint density at radius 2 is 1.92 bits per heavy atom. The van der Waals surface area contributed by atoms with E-state index in [4.69, 9.17) is 21.4 Å². The lowest BCUT2D eigenvalue weighted by molar-refractivity contribution is -0.144. The molecule has 0 bridgehead atoms. The van der Waals surface area contributed by atoms with E-state index in [0.29, 0.717) is 10.7 Å². The lowest BCUT2D eigenvalue weighted by atomic mass is 10.2. The molecule has 26 heavy (non-hydrogen) atoms. The topological polar surface area (TPSA) is 77.2 Å². The van der Waals surface area contributed by atoms with Crippen molar-refractivity contribution in [2.45, 2.75) is 13.0 Å². The molecule has 0 spiro atoms. The maximum absolute atomic E-state index is 14.2. The van der Waals surface area contributed by atoms with E-state index in [-0.39, 0.29) is 17.4 Å². The van der Waals surface area contributed by atoms with Crippen molar-refractivity contribution in [1.29, 1.82) is 0 Å². The monoisotopic (exact) mass is 379 g/mol. The predicted molar refractivity (Wildman–Crippen MR) is 89.4 cm³/mol. The summed E-state index contributed by atoms with van der Waals surface area (Å²) in [5, 5.41) is 13.5. The van der Waals surface area contributed by atoms with E-state index < -0.39 is 23.7 Å². The van der Waals surface area contributed by atoms with Crippen molar-refractivity contribution in [1.82, 2.24) is 14.8 Å². The van der Waals surface area contributed by atoms with Crippen molar-refractivity contribution >= 4 is 17.6 Å². The van der Waals surface area contributed by atoms with Gasteiger partial charge in [0.1, 0.15) is 11.6 Å². The largest absolute Gasteiger partial charge is 0.479 e. The summed E-state index contributed by atoms with van der Waals surface area (Å²) < 4.78 is 33.9. The Bertz CT molecular complexity index is 960. The number of hydrogen-bond acceptors (Lipinski definition) is 4. The van der Waals surface area contributed by atoms with E-state index >= 15 is 0 Å². The molecule has 134 valence electrons. The summed E-state index contributed by atoms with van der Waals surface area (Å²) in [6.07, 6.45) is -1.21. The molecule has 9 heteroatoms. The number of benzene rings is 2. The second-order valence-corrected chi connectivity index (χ2v) is 5.77. The molecule has 0 saturated carbocycles. The molecule has 1 aromatic heterocycles. The summed E-state index contributed by atoms with van der Waals surface area (Å²) in [6.45, 7) is 1.31. The Labute approximate surface area is 151 Å². The molecule has 0 amide bonds. The molecule has 1 atom stereocenters. The first-order chi connectivity index (χ1) is 12.3. The minimum atomic E-state index is -1.21. The second kappa shape index (κ2) is 7.09. The van der Waals surface area contributed by atoms with Crippen molar-refractivity contribution in [2.75, 3.05) is 0 Å². The van der Waals surface area contributed by atoms with Gasteiger partial charge in [-0.25, -0.2) is 18.3 Å². The molecule has 1 heterocycles. The van der Waals surface area contributed by atoms with Crippen LogP contribution in [-0.2, 0) is 4.79 Å². The van der Waals surface area contributed by atoms with Crippen molar-refractivity contribution in [3.63, 3.8) is 0 Å². The number of aromatic nitrogens is 3. The van der Waals surface area contributed by atoms with E-state index in [0.717, 1.165) is 12.1 Å². The highest BCUT2D eigenvalue weighted by molar-refractivity contribution is 6.30. The minimum Gasteiger partial charge on any atom is -0.479 e. The quantitative estimate of drug-likeness (QED) is 0.731. The zero-order chi connectivity index (χ0) is 18.8. The molecule has 3 aromatic rings. The van der Waals surface area contributed by atoms with Gasteiger partial charge >= 0.3 is 12.0 Å². The van der Waals surface area contributed by atoms with E-state index in [1.165, 1.54) is 17.7 Å². The van der Waals surface area contributed by atoms with Crippen molar-refractivity contribution in [2.24, 2.45) is 0 Å². The summed E-state index contributed by atoms with van der Waals surface area (Å²) in [4.78, 5) is 15.0. The summed E-state index contributed by atoms with van der Waals surface area (Å²) in [5.41, 5.74) is 0.463. The van der Waals surface area contributed by atoms with E-state index in [2.05, 4.69) is 10.1 Å². The van der Waals surface area contributed by atoms with Crippen LogP contribution < -0.4 is 4.74 Å². The summed E-state index contributed by atoms with van der Waals surface area (Å²) in [5.74, 6) is -2.76. The van der Waals surface area contributed by atoms with Crippen molar-refractivity contribution < 1.29 is 23.4 Å². The van der Waals surface area contributed by atoms with Gasteiger partial charge in [0.15, 0.2) is 11.9 Å². The normalized spacial score (nSPS) is 12.0. The lowest BCUT2D eigenvalue weighted by Crippen LogP contribution is -2.23. The number of carboxylic acid groups (broad SMARTS) is 1. The SMILES string of the molecule is CC(Oc1nc(-c2ccc(F)cc2F)n(-c2ccc(Cl)cc2)n1)C(=O)O. The van der Waals surface area contributed by atoms with E-state index in [9.17, 15) is 13.6 Å². The fourth-order valence-electron chi connectivity index (χ4n) is 2.16. The van der Waals surface area contributed by atoms with Gasteiger partial charge in [-0.05, 0) is 43.3 Å². The van der Waals surface area contributed by atoms with Gasteiger partial charge in [-0.15, -0.1) is 5.10 Å². The molecule has 0 saturated heterocycles. The van der Waals surface area contributed by atoms with Gasteiger partial charge in [-0.3, -0.25) is 0 Å². The van der Waals surface area contributed by atoms with Gasteiger partial charge in [0.2, 0.25) is 0 Å². The number of carboxylic acids is 1. The maximum Gasteiger partial charge on any atom is 0.344 e. The average molecular weight is 380 g/mol. The number of ether oxygens (including phenoxy) is 1. The summed E-state index contributed by atoms with van der Waals surface area (Å²) >= 11 is 5.87. The highest BCUT2D eigenvalue weighted by atomic mass is 35.5. The van der Waals surface area contributed by atoms with Crippen molar-refractivity contribution in [3.8, 4) is 23.1 Å². The molecule has 0 aliphatic heterocycles. The van der Waals surface area contributed by atoms with Crippen LogP contribution in [0, 0.1) is 11.6 Å². The minimum absolute atomic E-state index is 0.0216. The third-order valence-corrected chi connectivity index (χ3v) is 3.71. The van der Waals surface area contributed by atoms with Crippen LogP contribution in [0.25, 0.3) is 17.1 Å². The highest BCUT2D eigenvalue weighted by Crippen LogP contribution is 2.27. The third-order valence-electron chi connectivity index (χ3n) is 3.46. The molecule has 1 N–H and O–H groups in total. The van der Waals surface area contributed by atoms with Crippen LogP contribution in [0.4, 0.5) is 8.78 Å². The first-order valence-corrected chi connectivity index (χ1v) is 7.81. The van der Waals surface area contributed by atoms with E-state index in [1.807, 2.05) is 0 Å². The lowest BCUT2D eigenvalue weighted by Gasteiger charge is -2.06. The molecule has 0 aliphatic rings. The van der Waals surface area contributed by atoms with Crippen LogP contribution in [-0.4, -0.2) is 31.9 Å². The van der Waals surface area contributed by atoms with Crippen LogP contribution in [0.5, 0.6) is 6.01 Å². The maximum atomic E-state index is 14.2. The fraction of sp³-hybridized carbons (Fsp3) is 0.118. The molecular formula is C17H12ClF2N3O3. The Kier molecular flexibility index (Phi) is 4.85. The Hall–Kier alpha value is -3.00. The van der Waals surface area contributed by atoms with Crippen LogP contribution in [0.3, 0.4) is 0 Å². The van der Waals surface area contributed by atoms with Gasteiger partial charge in [0, 0.05) is 11.1 Å². The highest BCUT2D eigenvalue weighted by Gasteiger charge is 2.21. The standard InChI is InChI=1S/C17H12ClF2N3O3/c1-9(16(24)25)26-17-21-15(13-7-4-11(19)8-14(13)20)23(22-17)12-5-2-10(18)3-6-12/h2-9H,1H3,(H,24,25).